The third-order valence-corrected chi connectivity index (χ3v) is 4.09. The van der Waals surface area contributed by atoms with Gasteiger partial charge in [0.2, 0.25) is 0 Å². The predicted octanol–water partition coefficient (Wildman–Crippen LogP) is 4.29. The molecule has 3 rings (SSSR count). The van der Waals surface area contributed by atoms with Gasteiger partial charge in [0.1, 0.15) is 5.75 Å². The van der Waals surface area contributed by atoms with Crippen LogP contribution < -0.4 is 15.4 Å². The van der Waals surface area contributed by atoms with Crippen LogP contribution in [-0.4, -0.2) is 23.4 Å². The molecule has 6 heteroatoms. The van der Waals surface area contributed by atoms with Gasteiger partial charge in [0.25, 0.3) is 11.8 Å². The zero-order valence-electron chi connectivity index (χ0n) is 15.7. The number of benzene rings is 2. The molecule has 0 atom stereocenters. The van der Waals surface area contributed by atoms with E-state index >= 15 is 0 Å². The molecule has 142 valence electrons. The van der Waals surface area contributed by atoms with Crippen LogP contribution in [0, 0.1) is 6.92 Å². The van der Waals surface area contributed by atoms with E-state index in [0.29, 0.717) is 34.9 Å². The number of rotatable bonds is 6. The number of carbonyl (C=O) groups excluding carboxylic acids is 2. The van der Waals surface area contributed by atoms with Gasteiger partial charge >= 0.3 is 0 Å². The summed E-state index contributed by atoms with van der Waals surface area (Å²) in [4.78, 5) is 29.0. The highest BCUT2D eigenvalue weighted by molar-refractivity contribution is 6.08. The fraction of sp³-hybridized carbons (Fsp3) is 0.136. The predicted molar refractivity (Wildman–Crippen MR) is 109 cm³/mol. The normalized spacial score (nSPS) is 10.2. The molecule has 3 aromatic rings. The van der Waals surface area contributed by atoms with Crippen LogP contribution in [0.1, 0.15) is 33.2 Å². The molecule has 0 aliphatic rings. The number of nitrogens with one attached hydrogen (secondary N) is 2. The minimum Gasteiger partial charge on any atom is -0.494 e. The summed E-state index contributed by atoms with van der Waals surface area (Å²) in [6, 6.07) is 15.6. The van der Waals surface area contributed by atoms with E-state index in [9.17, 15) is 9.59 Å². The van der Waals surface area contributed by atoms with Crippen LogP contribution in [0.15, 0.2) is 67.0 Å². The number of ether oxygens (including phenoxy) is 1. The first-order valence-electron chi connectivity index (χ1n) is 8.93. The number of anilines is 2. The molecule has 2 amide bonds. The summed E-state index contributed by atoms with van der Waals surface area (Å²) in [6.45, 7) is 4.31. The Hall–Kier alpha value is -3.67. The number of hydrogen-bond acceptors (Lipinski definition) is 4. The minimum absolute atomic E-state index is 0.259. The highest BCUT2D eigenvalue weighted by Gasteiger charge is 2.12. The highest BCUT2D eigenvalue weighted by atomic mass is 16.5. The highest BCUT2D eigenvalue weighted by Crippen LogP contribution is 2.19. The van der Waals surface area contributed by atoms with Crippen molar-refractivity contribution in [2.75, 3.05) is 17.2 Å². The molecule has 0 radical (unpaired) electrons. The number of carbonyl (C=O) groups is 2. The molecule has 2 aromatic carbocycles. The SMILES string of the molecule is CCOc1ccc(C(=O)Nc2ccc(C)c(C(=O)Nc3cccnc3)c2)cc1. The van der Waals surface area contributed by atoms with E-state index in [1.165, 1.54) is 0 Å². The first-order valence-corrected chi connectivity index (χ1v) is 8.93. The van der Waals surface area contributed by atoms with Crippen molar-refractivity contribution in [2.24, 2.45) is 0 Å². The monoisotopic (exact) mass is 375 g/mol. The Bertz CT molecular complexity index is 970. The van der Waals surface area contributed by atoms with E-state index in [0.717, 1.165) is 5.56 Å². The minimum atomic E-state index is -0.261. The van der Waals surface area contributed by atoms with Crippen molar-refractivity contribution >= 4 is 23.2 Å². The average Bonchev–Trinajstić information content (AvgIpc) is 2.71. The fourth-order valence-corrected chi connectivity index (χ4v) is 2.65. The lowest BCUT2D eigenvalue weighted by atomic mass is 10.1. The molecule has 0 spiro atoms. The molecule has 0 fully saturated rings. The Morgan fingerprint density at radius 2 is 1.71 bits per heavy atom. The largest absolute Gasteiger partial charge is 0.494 e. The molecule has 0 aliphatic heterocycles. The Kier molecular flexibility index (Phi) is 6.01. The molecule has 28 heavy (non-hydrogen) atoms. The second kappa shape index (κ2) is 8.81. The molecule has 0 unspecified atom stereocenters. The standard InChI is InChI=1S/C22H21N3O3/c1-3-28-19-10-7-16(8-11-19)21(26)24-17-9-6-15(2)20(13-17)22(27)25-18-5-4-12-23-14-18/h4-14H,3H2,1-2H3,(H,24,26)(H,25,27). The van der Waals surface area contributed by atoms with Crippen molar-refractivity contribution in [3.8, 4) is 5.75 Å². The molecule has 1 aromatic heterocycles. The van der Waals surface area contributed by atoms with Crippen molar-refractivity contribution in [3.05, 3.63) is 83.7 Å². The van der Waals surface area contributed by atoms with Gasteiger partial charge in [0.15, 0.2) is 0 Å². The van der Waals surface area contributed by atoms with Crippen LogP contribution >= 0.6 is 0 Å². The van der Waals surface area contributed by atoms with Gasteiger partial charge in [-0.2, -0.15) is 0 Å². The first kappa shape index (κ1) is 19.1. The van der Waals surface area contributed by atoms with Gasteiger partial charge < -0.3 is 15.4 Å². The van der Waals surface area contributed by atoms with Crippen LogP contribution in [-0.2, 0) is 0 Å². The van der Waals surface area contributed by atoms with Crippen LogP contribution in [0.3, 0.4) is 0 Å². The molecule has 1 heterocycles. The number of nitrogens with zero attached hydrogens (tertiary/aromatic N) is 1. The van der Waals surface area contributed by atoms with E-state index < -0.39 is 0 Å². The molecule has 0 saturated carbocycles. The van der Waals surface area contributed by atoms with Gasteiger partial charge in [-0.3, -0.25) is 14.6 Å². The zero-order valence-corrected chi connectivity index (χ0v) is 15.7. The summed E-state index contributed by atoms with van der Waals surface area (Å²) in [5.41, 5.74) is 2.94. The molecule has 0 bridgehead atoms. The summed E-state index contributed by atoms with van der Waals surface area (Å²) in [6.07, 6.45) is 3.21. The number of amides is 2. The third-order valence-electron chi connectivity index (χ3n) is 4.09. The van der Waals surface area contributed by atoms with Gasteiger partial charge in [-0.05, 0) is 67.9 Å². The lowest BCUT2D eigenvalue weighted by Gasteiger charge is -2.11. The molecule has 0 saturated heterocycles. The second-order valence-electron chi connectivity index (χ2n) is 6.14. The number of pyridine rings is 1. The summed E-state index contributed by atoms with van der Waals surface area (Å²) in [5, 5.41) is 5.63. The number of aryl methyl sites for hydroxylation is 1. The Labute approximate surface area is 163 Å². The summed E-state index contributed by atoms with van der Waals surface area (Å²) < 4.78 is 5.38. The molecule has 6 nitrogen and oxygen atoms in total. The fourth-order valence-electron chi connectivity index (χ4n) is 2.65. The molecule has 0 aliphatic carbocycles. The lowest BCUT2D eigenvalue weighted by Crippen LogP contribution is -2.16. The Morgan fingerprint density at radius 1 is 0.964 bits per heavy atom. The maximum atomic E-state index is 12.6. The van der Waals surface area contributed by atoms with Crippen molar-refractivity contribution < 1.29 is 14.3 Å². The lowest BCUT2D eigenvalue weighted by molar-refractivity contribution is 0.101. The van der Waals surface area contributed by atoms with Crippen LogP contribution in [0.2, 0.25) is 0 Å². The van der Waals surface area contributed by atoms with Gasteiger partial charge in [-0.1, -0.05) is 6.07 Å². The average molecular weight is 375 g/mol. The maximum Gasteiger partial charge on any atom is 0.256 e. The molecule has 2 N–H and O–H groups in total. The van der Waals surface area contributed by atoms with E-state index in [1.807, 2.05) is 13.8 Å². The topological polar surface area (TPSA) is 80.3 Å². The van der Waals surface area contributed by atoms with Crippen molar-refractivity contribution in [1.82, 2.24) is 4.98 Å². The summed E-state index contributed by atoms with van der Waals surface area (Å²) in [5.74, 6) is 0.192. The molecular formula is C22H21N3O3. The summed E-state index contributed by atoms with van der Waals surface area (Å²) in [7, 11) is 0. The van der Waals surface area contributed by atoms with Crippen LogP contribution in [0.4, 0.5) is 11.4 Å². The Balaban J connectivity index is 1.73. The van der Waals surface area contributed by atoms with Gasteiger partial charge in [0.05, 0.1) is 18.5 Å². The van der Waals surface area contributed by atoms with Gasteiger partial charge in [-0.15, -0.1) is 0 Å². The van der Waals surface area contributed by atoms with Crippen molar-refractivity contribution in [1.29, 1.82) is 0 Å². The van der Waals surface area contributed by atoms with Gasteiger partial charge in [0, 0.05) is 23.0 Å². The number of hydrogen-bond donors (Lipinski definition) is 2. The zero-order chi connectivity index (χ0) is 19.9. The van der Waals surface area contributed by atoms with Crippen LogP contribution in [0.25, 0.3) is 0 Å². The molecular weight excluding hydrogens is 354 g/mol. The third kappa shape index (κ3) is 4.73. The smallest absolute Gasteiger partial charge is 0.256 e. The Morgan fingerprint density at radius 3 is 2.39 bits per heavy atom. The quantitative estimate of drug-likeness (QED) is 0.673. The first-order chi connectivity index (χ1) is 13.6. The van der Waals surface area contributed by atoms with E-state index in [2.05, 4.69) is 15.6 Å². The van der Waals surface area contributed by atoms with Crippen molar-refractivity contribution in [3.63, 3.8) is 0 Å². The van der Waals surface area contributed by atoms with Gasteiger partial charge in [-0.25, -0.2) is 0 Å². The van der Waals surface area contributed by atoms with E-state index in [-0.39, 0.29) is 11.8 Å². The second-order valence-corrected chi connectivity index (χ2v) is 6.14. The van der Waals surface area contributed by atoms with E-state index in [1.54, 1.807) is 67.0 Å². The number of aromatic nitrogens is 1. The van der Waals surface area contributed by atoms with Crippen LogP contribution in [0.5, 0.6) is 5.75 Å². The maximum absolute atomic E-state index is 12.6. The summed E-state index contributed by atoms with van der Waals surface area (Å²) >= 11 is 0. The van der Waals surface area contributed by atoms with Crippen molar-refractivity contribution in [2.45, 2.75) is 13.8 Å². The van der Waals surface area contributed by atoms with E-state index in [4.69, 9.17) is 4.74 Å².